The molecule has 21 atom stereocenters. The zero-order valence-corrected chi connectivity index (χ0v) is 39.7. The number of hydrogen-bond donors (Lipinski definition) is 4. The molecule has 4 spiro atoms. The minimum atomic E-state index is -1.43. The highest BCUT2D eigenvalue weighted by Gasteiger charge is 2.98. The molecule has 14 aliphatic rings. The number of hydrogen-bond acceptors (Lipinski definition) is 13. The number of cyclic esters (lactones) is 2. The lowest BCUT2D eigenvalue weighted by Gasteiger charge is -2.72. The van der Waals surface area contributed by atoms with E-state index in [1.807, 2.05) is 6.07 Å². The molecule has 13 heteroatoms. The number of Topliss-reactive ketones (excluding diaryl/α,β-unsaturated/α-hetero) is 1. The van der Waals surface area contributed by atoms with Gasteiger partial charge in [0.25, 0.3) is 0 Å². The maximum Gasteiger partial charge on any atom is 0.339 e. The molecular formula is C55H70N2O11. The number of ether oxygens (including phenoxy) is 4. The van der Waals surface area contributed by atoms with Gasteiger partial charge in [0.1, 0.15) is 35.8 Å². The Balaban J connectivity index is 0.897. The molecule has 0 aromatic carbocycles. The number of aliphatic hydroxyl groups excluding tert-OH is 3. The first-order valence-electron chi connectivity index (χ1n) is 27.0. The highest BCUT2D eigenvalue weighted by atomic mass is 16.7. The Morgan fingerprint density at radius 2 is 1.81 bits per heavy atom. The number of allylic oxidation sites excluding steroid dienone is 1. The molecule has 1 aromatic heterocycles. The number of carbonyl (C=O) groups is 3. The Morgan fingerprint density at radius 3 is 2.65 bits per heavy atom. The van der Waals surface area contributed by atoms with E-state index >= 15 is 14.4 Å². The second-order valence-corrected chi connectivity index (χ2v) is 25.7. The number of ketones is 1. The van der Waals surface area contributed by atoms with Gasteiger partial charge in [-0.05, 0) is 148 Å². The summed E-state index contributed by atoms with van der Waals surface area (Å²) in [5.74, 6) is -1.03. The third kappa shape index (κ3) is 4.57. The standard InChI is InChI=1S/C55H70N2O11/c1-49-22-30-23-51-15-6-9-32(51)20-33-12-16-50(2)42-40(60)44(61)53(31-7-4-3-5-8-31,41(30)52(42)26-65-47(62)43(51)54(33,52)68-50)55(49)46(67-55)48(63)66-45(49)35-14-18-64-39(35)21-36(38(59)25-58)28-10-11-34-29(19-28)13-17-57-27-56-24-37(34)57/h12-14,17-18,28-32,34,36-38,41-46,56,58-59,61H,3-11,15-16,19-27H2,1-2H3/t28-,29+,30-,32-,34-,36-,37-,38+,41+,42+,43-,44+,45-,46+,49-,50-,51-,52+,53-,54-,55+/m0/s1. The molecule has 7 saturated carbocycles. The SMILES string of the molecule is C[C@@]12C[C@H]3C[C@@]45CCC[C@H]4CC4=CC[C@]6(C)O[C@]47[C@H]5C(=O)OC[C@]74[C@@H]3[C@@](C3CCCCC3)([C@H](O)C(=O)[C@@H]46)[C@]13O[C@@H]3C(=O)O[C@H]2c1ccoc1C[C@@H]([C@H]1CC[C@H]2[C@H](C=CN3CNC[C@@H]23)C1)[C@H](O)CO. The lowest BCUT2D eigenvalue weighted by molar-refractivity contribution is -0.299. The average Bonchev–Trinajstić information content (AvgIpc) is 3.65. The summed E-state index contributed by atoms with van der Waals surface area (Å²) < 4.78 is 35.0. The second-order valence-electron chi connectivity index (χ2n) is 25.7. The van der Waals surface area contributed by atoms with E-state index in [-0.39, 0.29) is 60.5 Å². The highest BCUT2D eigenvalue weighted by Crippen LogP contribution is 2.89. The van der Waals surface area contributed by atoms with E-state index in [1.54, 1.807) is 6.26 Å². The van der Waals surface area contributed by atoms with Crippen LogP contribution in [-0.2, 0) is 39.8 Å². The van der Waals surface area contributed by atoms with Crippen LogP contribution < -0.4 is 5.32 Å². The number of esters is 2. The Bertz CT molecular complexity index is 2450. The van der Waals surface area contributed by atoms with E-state index in [1.165, 1.54) is 5.57 Å². The predicted molar refractivity (Wildman–Crippen MR) is 241 cm³/mol. The maximum atomic E-state index is 16.2. The maximum absolute atomic E-state index is 16.2. The van der Waals surface area contributed by atoms with Crippen molar-refractivity contribution in [1.29, 1.82) is 0 Å². The summed E-state index contributed by atoms with van der Waals surface area (Å²) in [4.78, 5) is 48.7. The molecule has 0 radical (unpaired) electrons. The van der Waals surface area contributed by atoms with Gasteiger partial charge in [0, 0.05) is 35.4 Å². The number of nitrogens with one attached hydrogen (secondary N) is 1. The molecule has 7 aliphatic heterocycles. The fourth-order valence-electron chi connectivity index (χ4n) is 22.0. The molecule has 5 saturated heterocycles. The molecule has 366 valence electrons. The van der Waals surface area contributed by atoms with Crippen molar-refractivity contribution in [3.8, 4) is 0 Å². The van der Waals surface area contributed by atoms with Crippen LogP contribution in [0.4, 0.5) is 0 Å². The van der Waals surface area contributed by atoms with Crippen LogP contribution in [0.25, 0.3) is 0 Å². The number of fused-ring (bicyclic) bond motifs is 5. The molecule has 5 bridgehead atoms. The molecule has 1 aromatic rings. The van der Waals surface area contributed by atoms with Gasteiger partial charge < -0.3 is 43.6 Å². The summed E-state index contributed by atoms with van der Waals surface area (Å²) in [5, 5.41) is 39.7. The van der Waals surface area contributed by atoms with E-state index in [0.29, 0.717) is 42.9 Å². The van der Waals surface area contributed by atoms with Gasteiger partial charge in [-0.2, -0.15) is 0 Å². The van der Waals surface area contributed by atoms with E-state index < -0.39 is 80.7 Å². The van der Waals surface area contributed by atoms with Crippen molar-refractivity contribution in [2.75, 3.05) is 26.4 Å². The largest absolute Gasteiger partial charge is 0.469 e. The van der Waals surface area contributed by atoms with Gasteiger partial charge in [-0.15, -0.1) is 0 Å². The third-order valence-corrected chi connectivity index (χ3v) is 23.7. The number of rotatable bonds is 7. The second kappa shape index (κ2) is 13.7. The third-order valence-electron chi connectivity index (χ3n) is 23.7. The van der Waals surface area contributed by atoms with Gasteiger partial charge in [0.2, 0.25) is 0 Å². The number of carbonyl (C=O) groups excluding carboxylic acids is 3. The lowest BCUT2D eigenvalue weighted by atomic mass is 9.30. The van der Waals surface area contributed by atoms with Gasteiger partial charge in [-0.25, -0.2) is 4.79 Å². The molecule has 12 fully saturated rings. The van der Waals surface area contributed by atoms with E-state index in [4.69, 9.17) is 23.4 Å². The van der Waals surface area contributed by atoms with Crippen molar-refractivity contribution in [3.63, 3.8) is 0 Å². The molecule has 0 unspecified atom stereocenters. The van der Waals surface area contributed by atoms with Crippen LogP contribution in [0.15, 0.2) is 40.7 Å². The van der Waals surface area contributed by atoms with E-state index in [0.717, 1.165) is 102 Å². The fourth-order valence-corrected chi connectivity index (χ4v) is 22.0. The van der Waals surface area contributed by atoms with Crippen LogP contribution >= 0.6 is 0 Å². The molecule has 7 aliphatic carbocycles. The fraction of sp³-hybridized carbons (Fsp3) is 0.800. The van der Waals surface area contributed by atoms with Gasteiger partial charge in [0.05, 0.1) is 48.5 Å². The van der Waals surface area contributed by atoms with Crippen LogP contribution in [0.1, 0.15) is 128 Å². The quantitative estimate of drug-likeness (QED) is 0.149. The monoisotopic (exact) mass is 934 g/mol. The molecule has 4 N–H and O–H groups in total. The van der Waals surface area contributed by atoms with Crippen LogP contribution in [0, 0.1) is 80.8 Å². The van der Waals surface area contributed by atoms with Gasteiger partial charge >= 0.3 is 11.9 Å². The molecule has 8 heterocycles. The van der Waals surface area contributed by atoms with Crippen molar-refractivity contribution in [2.45, 2.75) is 164 Å². The Morgan fingerprint density at radius 1 is 0.971 bits per heavy atom. The molecule has 0 amide bonds. The minimum Gasteiger partial charge on any atom is -0.469 e. The summed E-state index contributed by atoms with van der Waals surface area (Å²) in [7, 11) is 0. The van der Waals surface area contributed by atoms with Crippen LogP contribution in [0.5, 0.6) is 0 Å². The smallest absolute Gasteiger partial charge is 0.339 e. The van der Waals surface area contributed by atoms with E-state index in [9.17, 15) is 15.3 Å². The summed E-state index contributed by atoms with van der Waals surface area (Å²) in [6, 6.07) is 2.41. The van der Waals surface area contributed by atoms with Crippen molar-refractivity contribution >= 4 is 17.7 Å². The first kappa shape index (κ1) is 42.6. The van der Waals surface area contributed by atoms with E-state index in [2.05, 4.69) is 42.4 Å². The van der Waals surface area contributed by atoms with Gasteiger partial charge in [0.15, 0.2) is 11.9 Å². The van der Waals surface area contributed by atoms with Crippen molar-refractivity contribution in [2.24, 2.45) is 80.8 Å². The normalized spacial score (nSPS) is 54.0. The predicted octanol–water partition coefficient (Wildman–Crippen LogP) is 5.70. The number of aliphatic hydroxyl groups is 3. The molecular weight excluding hydrogens is 865 g/mol. The molecule has 13 nitrogen and oxygen atoms in total. The van der Waals surface area contributed by atoms with Gasteiger partial charge in [-0.3, -0.25) is 14.9 Å². The molecule has 15 rings (SSSR count). The first-order chi connectivity index (χ1) is 32.8. The van der Waals surface area contributed by atoms with Crippen molar-refractivity contribution in [1.82, 2.24) is 10.2 Å². The van der Waals surface area contributed by atoms with Crippen LogP contribution in [0.3, 0.4) is 0 Å². The number of furan rings is 1. The van der Waals surface area contributed by atoms with Crippen molar-refractivity contribution in [3.05, 3.63) is 47.6 Å². The highest BCUT2D eigenvalue weighted by molar-refractivity contribution is 5.94. The minimum absolute atomic E-state index is 0.0644. The number of epoxide rings is 1. The zero-order valence-electron chi connectivity index (χ0n) is 39.7. The first-order valence-corrected chi connectivity index (χ1v) is 27.0. The lowest BCUT2D eigenvalue weighted by Crippen LogP contribution is -2.82. The number of nitrogens with zero attached hydrogens (tertiary/aromatic N) is 1. The Labute approximate surface area is 398 Å². The Kier molecular flexibility index (Phi) is 8.58. The summed E-state index contributed by atoms with van der Waals surface area (Å²) in [6.45, 7) is 5.85. The summed E-state index contributed by atoms with van der Waals surface area (Å²) >= 11 is 0. The Hall–Kier alpha value is -3.07. The van der Waals surface area contributed by atoms with Gasteiger partial charge in [-0.1, -0.05) is 44.8 Å². The van der Waals surface area contributed by atoms with Crippen LogP contribution in [-0.4, -0.2) is 106 Å². The topological polar surface area (TPSA) is 181 Å². The summed E-state index contributed by atoms with van der Waals surface area (Å²) in [5.41, 5.74) is -4.82. The average molecular weight is 935 g/mol. The van der Waals surface area contributed by atoms with Crippen molar-refractivity contribution < 1.29 is 53.1 Å². The summed E-state index contributed by atoms with van der Waals surface area (Å²) in [6.07, 6.45) is 17.9. The zero-order chi connectivity index (χ0) is 46.1. The molecule has 68 heavy (non-hydrogen) atoms. The van der Waals surface area contributed by atoms with Crippen LogP contribution in [0.2, 0.25) is 0 Å².